The molecule has 0 radical (unpaired) electrons. The Morgan fingerprint density at radius 1 is 1.22 bits per heavy atom. The summed E-state index contributed by atoms with van der Waals surface area (Å²) in [4.78, 5) is 0. The van der Waals surface area contributed by atoms with E-state index in [0.29, 0.717) is 23.3 Å². The number of aromatic nitrogens is 3. The molecule has 0 spiro atoms. The zero-order chi connectivity index (χ0) is 15.9. The van der Waals surface area contributed by atoms with Crippen LogP contribution in [-0.4, -0.2) is 27.4 Å². The molecule has 4 nitrogen and oxygen atoms in total. The van der Waals surface area contributed by atoms with Crippen LogP contribution in [0.2, 0.25) is 0 Å². The van der Waals surface area contributed by atoms with Crippen LogP contribution >= 0.6 is 0 Å². The fraction of sp³-hybridized carbons (Fsp3) is 0.579. The molecule has 2 aromatic rings. The summed E-state index contributed by atoms with van der Waals surface area (Å²) < 4.78 is 2.23. The Hall–Kier alpha value is -1.68. The second-order valence-corrected chi connectivity index (χ2v) is 7.68. The maximum atomic E-state index is 4.28. The van der Waals surface area contributed by atoms with E-state index < -0.39 is 0 Å². The van der Waals surface area contributed by atoms with Gasteiger partial charge in [0.05, 0.1) is 0 Å². The minimum absolute atomic E-state index is 0.313. The Balaban J connectivity index is 1.31. The van der Waals surface area contributed by atoms with Crippen LogP contribution in [0, 0.1) is 5.41 Å². The second-order valence-electron chi connectivity index (χ2n) is 7.68. The van der Waals surface area contributed by atoms with Crippen molar-refractivity contribution in [2.45, 2.75) is 57.5 Å². The van der Waals surface area contributed by atoms with Gasteiger partial charge in [-0.1, -0.05) is 44.2 Å². The van der Waals surface area contributed by atoms with Crippen molar-refractivity contribution in [3.05, 3.63) is 48.0 Å². The lowest BCUT2D eigenvalue weighted by atomic mass is 9.56. The van der Waals surface area contributed by atoms with Crippen molar-refractivity contribution < 1.29 is 0 Å². The van der Waals surface area contributed by atoms with Gasteiger partial charge >= 0.3 is 0 Å². The number of hydrogen-bond donors (Lipinski definition) is 1. The summed E-state index contributed by atoms with van der Waals surface area (Å²) in [7, 11) is 0. The molecule has 2 atom stereocenters. The third-order valence-electron chi connectivity index (χ3n) is 5.80. The van der Waals surface area contributed by atoms with Crippen LogP contribution in [0.25, 0.3) is 0 Å². The highest BCUT2D eigenvalue weighted by Crippen LogP contribution is 2.52. The first-order chi connectivity index (χ1) is 11.2. The topological polar surface area (TPSA) is 42.7 Å². The van der Waals surface area contributed by atoms with Crippen LogP contribution in [0.15, 0.2) is 36.7 Å². The van der Waals surface area contributed by atoms with Crippen molar-refractivity contribution in [2.75, 3.05) is 6.54 Å². The van der Waals surface area contributed by atoms with Gasteiger partial charge in [0.25, 0.3) is 0 Å². The van der Waals surface area contributed by atoms with Crippen LogP contribution in [-0.2, 0) is 6.54 Å². The summed E-state index contributed by atoms with van der Waals surface area (Å²) in [5.74, 6) is 2.51. The molecule has 2 saturated carbocycles. The quantitative estimate of drug-likeness (QED) is 0.890. The molecular weight excluding hydrogens is 284 g/mol. The van der Waals surface area contributed by atoms with Crippen LogP contribution in [0.5, 0.6) is 0 Å². The normalized spacial score (nSPS) is 26.0. The predicted octanol–water partition coefficient (Wildman–Crippen LogP) is 3.33. The smallest absolute Gasteiger partial charge is 0.135 e. The van der Waals surface area contributed by atoms with Crippen LogP contribution in [0.4, 0.5) is 0 Å². The fourth-order valence-corrected chi connectivity index (χ4v) is 3.98. The summed E-state index contributed by atoms with van der Waals surface area (Å²) in [5, 5.41) is 12.1. The monoisotopic (exact) mass is 310 g/mol. The van der Waals surface area contributed by atoms with E-state index >= 15 is 0 Å². The largest absolute Gasteiger partial charge is 0.316 e. The molecule has 1 heterocycles. The highest BCUT2D eigenvalue weighted by Gasteiger charge is 2.48. The second kappa shape index (κ2) is 5.75. The molecule has 122 valence electrons. The first-order valence-corrected chi connectivity index (χ1v) is 8.82. The average Bonchev–Trinajstić information content (AvgIpc) is 3.30. The molecule has 23 heavy (non-hydrogen) atoms. The molecular formula is C19H26N4. The molecule has 1 aromatic heterocycles. The third-order valence-corrected chi connectivity index (χ3v) is 5.80. The van der Waals surface area contributed by atoms with E-state index in [1.807, 2.05) is 6.33 Å². The molecule has 0 aliphatic heterocycles. The zero-order valence-electron chi connectivity index (χ0n) is 14.1. The Labute approximate surface area is 138 Å². The standard InChI is InChI=1S/C19H26N4/c1-19(2)16(14-6-4-3-5-7-14)12-17(19)20-10-11-23-13-21-22-18(23)15-8-9-15/h3-7,13,15-17,20H,8-12H2,1-2H3/t16-,17-/m0/s1. The van der Waals surface area contributed by atoms with Gasteiger partial charge in [-0.25, -0.2) is 0 Å². The van der Waals surface area contributed by atoms with Gasteiger partial charge in [-0.2, -0.15) is 0 Å². The van der Waals surface area contributed by atoms with E-state index in [4.69, 9.17) is 0 Å². The number of benzene rings is 1. The molecule has 0 saturated heterocycles. The minimum Gasteiger partial charge on any atom is -0.316 e. The summed E-state index contributed by atoms with van der Waals surface area (Å²) in [6, 6.07) is 11.5. The SMILES string of the molecule is CC1(C)[C@@H](NCCn2cnnc2C2CC2)C[C@H]1c1ccccc1. The van der Waals surface area contributed by atoms with Gasteiger partial charge in [0.1, 0.15) is 12.2 Å². The van der Waals surface area contributed by atoms with Crippen molar-refractivity contribution in [2.24, 2.45) is 5.41 Å². The van der Waals surface area contributed by atoms with Gasteiger partial charge in [0, 0.05) is 25.0 Å². The number of nitrogens with one attached hydrogen (secondary N) is 1. The van der Waals surface area contributed by atoms with E-state index in [9.17, 15) is 0 Å². The highest BCUT2D eigenvalue weighted by atomic mass is 15.3. The van der Waals surface area contributed by atoms with Crippen LogP contribution < -0.4 is 5.32 Å². The van der Waals surface area contributed by atoms with Crippen LogP contribution in [0.1, 0.15) is 56.3 Å². The molecule has 2 aliphatic carbocycles. The summed E-state index contributed by atoms with van der Waals surface area (Å²) >= 11 is 0. The number of nitrogens with zero attached hydrogens (tertiary/aromatic N) is 3. The van der Waals surface area contributed by atoms with Crippen molar-refractivity contribution in [1.29, 1.82) is 0 Å². The van der Waals surface area contributed by atoms with Crippen molar-refractivity contribution in [3.8, 4) is 0 Å². The minimum atomic E-state index is 0.313. The Bertz CT molecular complexity index is 657. The van der Waals surface area contributed by atoms with Gasteiger partial charge in [-0.15, -0.1) is 10.2 Å². The Morgan fingerprint density at radius 2 is 2.00 bits per heavy atom. The van der Waals surface area contributed by atoms with Crippen molar-refractivity contribution in [1.82, 2.24) is 20.1 Å². The lowest BCUT2D eigenvalue weighted by Crippen LogP contribution is -2.55. The van der Waals surface area contributed by atoms with E-state index in [1.54, 1.807) is 0 Å². The first kappa shape index (κ1) is 14.9. The van der Waals surface area contributed by atoms with Crippen LogP contribution in [0.3, 0.4) is 0 Å². The molecule has 0 bridgehead atoms. The molecule has 1 aromatic carbocycles. The fourth-order valence-electron chi connectivity index (χ4n) is 3.98. The van der Waals surface area contributed by atoms with E-state index in [1.165, 1.54) is 30.7 Å². The predicted molar refractivity (Wildman–Crippen MR) is 91.4 cm³/mol. The molecule has 2 aliphatic rings. The van der Waals surface area contributed by atoms with Gasteiger partial charge in [-0.05, 0) is 36.2 Å². The molecule has 0 unspecified atom stereocenters. The van der Waals surface area contributed by atoms with Crippen molar-refractivity contribution >= 4 is 0 Å². The zero-order valence-corrected chi connectivity index (χ0v) is 14.1. The average molecular weight is 310 g/mol. The molecule has 4 heteroatoms. The molecule has 4 rings (SSSR count). The van der Waals surface area contributed by atoms with Crippen molar-refractivity contribution in [3.63, 3.8) is 0 Å². The maximum absolute atomic E-state index is 4.28. The summed E-state index contributed by atoms with van der Waals surface area (Å²) in [6.45, 7) is 6.75. The number of hydrogen-bond acceptors (Lipinski definition) is 3. The lowest BCUT2D eigenvalue weighted by molar-refractivity contribution is 0.0686. The Kier molecular flexibility index (Phi) is 3.72. The maximum Gasteiger partial charge on any atom is 0.135 e. The van der Waals surface area contributed by atoms with Gasteiger partial charge < -0.3 is 9.88 Å². The van der Waals surface area contributed by atoms with Gasteiger partial charge in [0.15, 0.2) is 0 Å². The number of rotatable bonds is 6. The van der Waals surface area contributed by atoms with E-state index in [-0.39, 0.29) is 0 Å². The summed E-state index contributed by atoms with van der Waals surface area (Å²) in [6.07, 6.45) is 5.67. The molecule has 2 fully saturated rings. The molecule has 1 N–H and O–H groups in total. The lowest BCUT2D eigenvalue weighted by Gasteiger charge is -2.53. The van der Waals surface area contributed by atoms with Gasteiger partial charge in [0.2, 0.25) is 0 Å². The van der Waals surface area contributed by atoms with E-state index in [2.05, 4.69) is 64.3 Å². The first-order valence-electron chi connectivity index (χ1n) is 8.82. The summed E-state index contributed by atoms with van der Waals surface area (Å²) in [5.41, 5.74) is 1.79. The van der Waals surface area contributed by atoms with E-state index in [0.717, 1.165) is 13.1 Å². The van der Waals surface area contributed by atoms with Gasteiger partial charge in [-0.3, -0.25) is 0 Å². The highest BCUT2D eigenvalue weighted by molar-refractivity contribution is 5.27. The third kappa shape index (κ3) is 2.80. The molecule has 0 amide bonds. The Morgan fingerprint density at radius 3 is 2.70 bits per heavy atom.